The summed E-state index contributed by atoms with van der Waals surface area (Å²) in [5, 5.41) is 9.04. The summed E-state index contributed by atoms with van der Waals surface area (Å²) >= 11 is 0. The lowest BCUT2D eigenvalue weighted by Crippen LogP contribution is -1.95. The molecule has 0 saturated carbocycles. The predicted octanol–water partition coefficient (Wildman–Crippen LogP) is 2.33. The minimum atomic E-state index is 0.228. The molecule has 0 aromatic heterocycles. The van der Waals surface area contributed by atoms with E-state index in [1.165, 1.54) is 5.56 Å². The standard InChI is InChI=1S/C12H16NO2/c1-10(14)4-3-5-11-6-8-12(9-7-11)13(2)15/h6-9,15H,2-5H2,1H3/q+1. The monoisotopic (exact) mass is 206 g/mol. The summed E-state index contributed by atoms with van der Waals surface area (Å²) in [6.45, 7) is 4.97. The Morgan fingerprint density at radius 3 is 2.47 bits per heavy atom. The van der Waals surface area contributed by atoms with E-state index in [1.807, 2.05) is 12.1 Å². The summed E-state index contributed by atoms with van der Waals surface area (Å²) in [6.07, 6.45) is 2.40. The molecule has 1 rings (SSSR count). The highest BCUT2D eigenvalue weighted by Crippen LogP contribution is 2.12. The molecule has 0 aliphatic carbocycles. The second-order valence-electron chi connectivity index (χ2n) is 3.62. The van der Waals surface area contributed by atoms with Crippen LogP contribution in [-0.2, 0) is 11.2 Å². The largest absolute Gasteiger partial charge is 0.300 e. The molecule has 0 saturated heterocycles. The molecule has 0 spiro atoms. The van der Waals surface area contributed by atoms with Crippen LogP contribution in [0.15, 0.2) is 24.3 Å². The Morgan fingerprint density at radius 2 is 2.00 bits per heavy atom. The van der Waals surface area contributed by atoms with Crippen molar-refractivity contribution < 1.29 is 14.7 Å². The highest BCUT2D eigenvalue weighted by atomic mass is 16.5. The zero-order valence-corrected chi connectivity index (χ0v) is 8.94. The Balaban J connectivity index is 2.50. The molecule has 80 valence electrons. The Kier molecular flexibility index (Phi) is 4.03. The van der Waals surface area contributed by atoms with E-state index in [4.69, 9.17) is 5.21 Å². The normalized spacial score (nSPS) is 9.93. The van der Waals surface area contributed by atoms with Crippen LogP contribution < -0.4 is 0 Å². The lowest BCUT2D eigenvalue weighted by Gasteiger charge is -1.99. The summed E-state index contributed by atoms with van der Waals surface area (Å²) in [5.74, 6) is 0.228. The molecule has 0 aliphatic rings. The van der Waals surface area contributed by atoms with Gasteiger partial charge in [-0.2, -0.15) is 0 Å². The molecular formula is C12H16NO2+. The van der Waals surface area contributed by atoms with E-state index in [-0.39, 0.29) is 5.78 Å². The zero-order valence-electron chi connectivity index (χ0n) is 8.94. The van der Waals surface area contributed by atoms with Crippen LogP contribution in [0.5, 0.6) is 0 Å². The molecule has 3 nitrogen and oxygen atoms in total. The maximum absolute atomic E-state index is 10.7. The fourth-order valence-electron chi connectivity index (χ4n) is 1.38. The second kappa shape index (κ2) is 5.29. The van der Waals surface area contributed by atoms with Gasteiger partial charge in [-0.05, 0) is 25.3 Å². The van der Waals surface area contributed by atoms with Crippen molar-refractivity contribution in [2.24, 2.45) is 0 Å². The molecule has 1 N–H and O–H groups in total. The number of hydrogen-bond donors (Lipinski definition) is 1. The Hall–Kier alpha value is -1.64. The van der Waals surface area contributed by atoms with E-state index in [9.17, 15) is 4.79 Å². The molecule has 0 heterocycles. The third-order valence-electron chi connectivity index (χ3n) is 2.23. The van der Waals surface area contributed by atoms with Crippen LogP contribution in [-0.4, -0.2) is 22.4 Å². The van der Waals surface area contributed by atoms with Crippen LogP contribution in [0.25, 0.3) is 0 Å². The maximum atomic E-state index is 10.7. The van der Waals surface area contributed by atoms with Crippen molar-refractivity contribution in [3.05, 3.63) is 29.8 Å². The smallest absolute Gasteiger partial charge is 0.256 e. The Labute approximate surface area is 89.6 Å². The van der Waals surface area contributed by atoms with E-state index >= 15 is 0 Å². The fraction of sp³-hybridized carbons (Fsp3) is 0.333. The molecule has 0 radical (unpaired) electrons. The van der Waals surface area contributed by atoms with Crippen LogP contribution in [0.1, 0.15) is 25.3 Å². The molecule has 0 amide bonds. The number of nitrogens with zero attached hydrogens (tertiary/aromatic N) is 1. The first kappa shape index (κ1) is 11.4. The van der Waals surface area contributed by atoms with Gasteiger partial charge in [0.1, 0.15) is 5.78 Å². The highest BCUT2D eigenvalue weighted by molar-refractivity contribution is 5.75. The van der Waals surface area contributed by atoms with Gasteiger partial charge < -0.3 is 4.79 Å². The Morgan fingerprint density at radius 1 is 1.40 bits per heavy atom. The molecule has 0 unspecified atom stereocenters. The van der Waals surface area contributed by atoms with Crippen LogP contribution in [0, 0.1) is 0 Å². The minimum Gasteiger partial charge on any atom is -0.300 e. The van der Waals surface area contributed by atoms with Crippen molar-refractivity contribution in [1.82, 2.24) is 0 Å². The summed E-state index contributed by atoms with van der Waals surface area (Å²) in [7, 11) is 0. The summed E-state index contributed by atoms with van der Waals surface area (Å²) < 4.78 is 0.833. The van der Waals surface area contributed by atoms with E-state index in [0.29, 0.717) is 12.1 Å². The first-order valence-electron chi connectivity index (χ1n) is 4.97. The van der Waals surface area contributed by atoms with Crippen LogP contribution in [0.3, 0.4) is 0 Å². The summed E-state index contributed by atoms with van der Waals surface area (Å²) in [6, 6.07) is 7.47. The van der Waals surface area contributed by atoms with E-state index < -0.39 is 0 Å². The van der Waals surface area contributed by atoms with Crippen LogP contribution >= 0.6 is 0 Å². The van der Waals surface area contributed by atoms with Gasteiger partial charge in [-0.1, -0.05) is 12.1 Å². The van der Waals surface area contributed by atoms with Gasteiger partial charge in [-0.3, -0.25) is 5.21 Å². The van der Waals surface area contributed by atoms with Crippen molar-refractivity contribution in [3.8, 4) is 0 Å². The SMILES string of the molecule is C=[N+](O)c1ccc(CCCC(C)=O)cc1. The van der Waals surface area contributed by atoms with Crippen LogP contribution in [0.2, 0.25) is 0 Å². The van der Waals surface area contributed by atoms with Crippen molar-refractivity contribution in [2.75, 3.05) is 0 Å². The minimum absolute atomic E-state index is 0.228. The van der Waals surface area contributed by atoms with Crippen molar-refractivity contribution in [3.63, 3.8) is 0 Å². The molecule has 1 aromatic carbocycles. The average molecular weight is 206 g/mol. The highest BCUT2D eigenvalue weighted by Gasteiger charge is 2.03. The number of Topliss-reactive ketones (excluding diaryl/α,β-unsaturated/α-hetero) is 1. The number of aryl methyl sites for hydroxylation is 1. The third-order valence-corrected chi connectivity index (χ3v) is 2.23. The lowest BCUT2D eigenvalue weighted by atomic mass is 10.1. The van der Waals surface area contributed by atoms with E-state index in [2.05, 4.69) is 6.72 Å². The number of benzene rings is 1. The first-order chi connectivity index (χ1) is 7.09. The molecule has 0 bridgehead atoms. The topological polar surface area (TPSA) is 40.3 Å². The molecule has 3 heteroatoms. The van der Waals surface area contributed by atoms with Gasteiger partial charge >= 0.3 is 0 Å². The van der Waals surface area contributed by atoms with Crippen molar-refractivity contribution >= 4 is 18.2 Å². The van der Waals surface area contributed by atoms with Gasteiger partial charge in [-0.15, -0.1) is 0 Å². The van der Waals surface area contributed by atoms with E-state index in [0.717, 1.165) is 17.6 Å². The molecule has 1 aromatic rings. The predicted molar refractivity (Wildman–Crippen MR) is 58.9 cm³/mol. The number of hydrogen-bond acceptors (Lipinski definition) is 2. The summed E-state index contributed by atoms with van der Waals surface area (Å²) in [5.41, 5.74) is 1.83. The molecular weight excluding hydrogens is 190 g/mol. The van der Waals surface area contributed by atoms with Gasteiger partial charge in [0.15, 0.2) is 6.72 Å². The Bertz CT molecular complexity index is 354. The molecule has 15 heavy (non-hydrogen) atoms. The van der Waals surface area contributed by atoms with Gasteiger partial charge in [-0.25, -0.2) is 0 Å². The van der Waals surface area contributed by atoms with Gasteiger partial charge in [0.2, 0.25) is 0 Å². The number of ketones is 1. The van der Waals surface area contributed by atoms with E-state index in [1.54, 1.807) is 19.1 Å². The molecule has 0 fully saturated rings. The maximum Gasteiger partial charge on any atom is 0.256 e. The fourth-order valence-corrected chi connectivity index (χ4v) is 1.38. The lowest BCUT2D eigenvalue weighted by molar-refractivity contribution is -0.706. The van der Waals surface area contributed by atoms with Gasteiger partial charge in [0.05, 0.1) is 0 Å². The quantitative estimate of drug-likeness (QED) is 0.347. The molecule has 0 atom stereocenters. The second-order valence-corrected chi connectivity index (χ2v) is 3.62. The van der Waals surface area contributed by atoms with Crippen LogP contribution in [0.4, 0.5) is 5.69 Å². The van der Waals surface area contributed by atoms with Crippen molar-refractivity contribution in [1.29, 1.82) is 0 Å². The number of rotatable bonds is 5. The van der Waals surface area contributed by atoms with Gasteiger partial charge in [0, 0.05) is 23.3 Å². The van der Waals surface area contributed by atoms with Gasteiger partial charge in [0.25, 0.3) is 5.69 Å². The molecule has 0 aliphatic heterocycles. The number of carbonyl (C=O) groups excluding carboxylic acids is 1. The number of carbonyl (C=O) groups is 1. The average Bonchev–Trinajstić information content (AvgIpc) is 2.18. The first-order valence-corrected chi connectivity index (χ1v) is 4.97. The zero-order chi connectivity index (χ0) is 11.3. The van der Waals surface area contributed by atoms with Crippen molar-refractivity contribution in [2.45, 2.75) is 26.2 Å². The summed E-state index contributed by atoms with van der Waals surface area (Å²) in [4.78, 5) is 10.7. The third kappa shape index (κ3) is 3.94.